The standard InChI is InChI=1S/C19H20ClFN2O3S/c1-13-4-5-15(20)11-18(13)22-19(24)14-3-2-10-23(12-14)27(25,26)17-8-6-16(21)7-9-17/h4-9,11,14H,2-3,10,12H2,1H3,(H,22,24)/t14-/m1/s1. The number of hydrogen-bond acceptors (Lipinski definition) is 3. The van der Waals surface area contributed by atoms with Crippen LogP contribution in [0.3, 0.4) is 0 Å². The largest absolute Gasteiger partial charge is 0.326 e. The van der Waals surface area contributed by atoms with E-state index in [0.29, 0.717) is 30.1 Å². The first-order chi connectivity index (χ1) is 12.8. The lowest BCUT2D eigenvalue weighted by molar-refractivity contribution is -0.120. The maximum atomic E-state index is 13.1. The molecular weight excluding hydrogens is 391 g/mol. The molecule has 0 unspecified atom stereocenters. The molecule has 2 aromatic carbocycles. The van der Waals surface area contributed by atoms with Crippen molar-refractivity contribution in [1.29, 1.82) is 0 Å². The van der Waals surface area contributed by atoms with Gasteiger partial charge in [0, 0.05) is 23.8 Å². The molecule has 1 saturated heterocycles. The summed E-state index contributed by atoms with van der Waals surface area (Å²) in [5.74, 6) is -1.20. The molecule has 1 aliphatic heterocycles. The molecule has 5 nitrogen and oxygen atoms in total. The summed E-state index contributed by atoms with van der Waals surface area (Å²) in [6.45, 7) is 2.28. The van der Waals surface area contributed by atoms with Crippen molar-refractivity contribution < 1.29 is 17.6 Å². The van der Waals surface area contributed by atoms with Gasteiger partial charge in [0.15, 0.2) is 0 Å². The molecule has 8 heteroatoms. The molecule has 3 rings (SSSR count). The van der Waals surface area contributed by atoms with Crippen molar-refractivity contribution in [3.8, 4) is 0 Å². The Balaban J connectivity index is 1.74. The normalized spacial score (nSPS) is 18.3. The predicted molar refractivity (Wildman–Crippen MR) is 103 cm³/mol. The van der Waals surface area contributed by atoms with Crippen molar-refractivity contribution in [3.05, 3.63) is 58.9 Å². The van der Waals surface area contributed by atoms with E-state index in [2.05, 4.69) is 5.32 Å². The van der Waals surface area contributed by atoms with Gasteiger partial charge in [-0.3, -0.25) is 4.79 Å². The first kappa shape index (κ1) is 19.8. The molecular formula is C19H20ClFN2O3S. The van der Waals surface area contributed by atoms with Crippen LogP contribution in [0.2, 0.25) is 5.02 Å². The van der Waals surface area contributed by atoms with Crippen molar-refractivity contribution in [1.82, 2.24) is 4.31 Å². The van der Waals surface area contributed by atoms with Gasteiger partial charge in [0.2, 0.25) is 15.9 Å². The Labute approximate surface area is 163 Å². The van der Waals surface area contributed by atoms with Gasteiger partial charge in [-0.15, -0.1) is 0 Å². The van der Waals surface area contributed by atoms with Gasteiger partial charge in [0.1, 0.15) is 5.82 Å². The number of sulfonamides is 1. The fraction of sp³-hybridized carbons (Fsp3) is 0.316. The van der Waals surface area contributed by atoms with Crippen LogP contribution in [0, 0.1) is 18.7 Å². The average molecular weight is 411 g/mol. The van der Waals surface area contributed by atoms with Crippen LogP contribution in [0.25, 0.3) is 0 Å². The van der Waals surface area contributed by atoms with E-state index in [0.717, 1.165) is 17.7 Å². The first-order valence-corrected chi connectivity index (χ1v) is 10.4. The van der Waals surface area contributed by atoms with Crippen LogP contribution < -0.4 is 5.32 Å². The Hall–Kier alpha value is -1.96. The topological polar surface area (TPSA) is 66.5 Å². The van der Waals surface area contributed by atoms with E-state index >= 15 is 0 Å². The highest BCUT2D eigenvalue weighted by molar-refractivity contribution is 7.89. The molecule has 0 spiro atoms. The van der Waals surface area contributed by atoms with Crippen LogP contribution in [-0.2, 0) is 14.8 Å². The third-order valence-electron chi connectivity index (χ3n) is 4.66. The quantitative estimate of drug-likeness (QED) is 0.833. The molecule has 2 aromatic rings. The highest BCUT2D eigenvalue weighted by atomic mass is 35.5. The molecule has 0 radical (unpaired) electrons. The molecule has 0 saturated carbocycles. The van der Waals surface area contributed by atoms with Gasteiger partial charge < -0.3 is 5.32 Å². The van der Waals surface area contributed by atoms with Gasteiger partial charge in [0.25, 0.3) is 0 Å². The number of carbonyl (C=O) groups excluding carboxylic acids is 1. The van der Waals surface area contributed by atoms with Crippen LogP contribution in [0.15, 0.2) is 47.4 Å². The molecule has 1 heterocycles. The smallest absolute Gasteiger partial charge is 0.243 e. The number of amides is 1. The van der Waals surface area contributed by atoms with Gasteiger partial charge >= 0.3 is 0 Å². The lowest BCUT2D eigenvalue weighted by Crippen LogP contribution is -2.43. The van der Waals surface area contributed by atoms with E-state index in [9.17, 15) is 17.6 Å². The second-order valence-corrected chi connectivity index (χ2v) is 8.98. The van der Waals surface area contributed by atoms with Crippen molar-refractivity contribution in [2.24, 2.45) is 5.92 Å². The molecule has 1 N–H and O–H groups in total. The summed E-state index contributed by atoms with van der Waals surface area (Å²) in [7, 11) is -3.77. The summed E-state index contributed by atoms with van der Waals surface area (Å²) in [5, 5.41) is 3.36. The second kappa shape index (κ2) is 7.96. The molecule has 0 aliphatic carbocycles. The summed E-state index contributed by atoms with van der Waals surface area (Å²) in [6.07, 6.45) is 1.17. The minimum atomic E-state index is -3.77. The third kappa shape index (κ3) is 4.48. The lowest BCUT2D eigenvalue weighted by Gasteiger charge is -2.31. The number of benzene rings is 2. The lowest BCUT2D eigenvalue weighted by atomic mass is 9.98. The summed E-state index contributed by atoms with van der Waals surface area (Å²) in [6, 6.07) is 9.93. The van der Waals surface area contributed by atoms with E-state index in [1.165, 1.54) is 16.4 Å². The number of nitrogens with zero attached hydrogens (tertiary/aromatic N) is 1. The van der Waals surface area contributed by atoms with Gasteiger partial charge in [-0.1, -0.05) is 17.7 Å². The number of nitrogens with one attached hydrogen (secondary N) is 1. The summed E-state index contributed by atoms with van der Waals surface area (Å²) < 4.78 is 39.9. The van der Waals surface area contributed by atoms with E-state index in [1.54, 1.807) is 12.1 Å². The highest BCUT2D eigenvalue weighted by Crippen LogP contribution is 2.26. The first-order valence-electron chi connectivity index (χ1n) is 8.60. The number of rotatable bonds is 4. The number of piperidine rings is 1. The molecule has 1 amide bonds. The van der Waals surface area contributed by atoms with Gasteiger partial charge in [-0.2, -0.15) is 4.31 Å². The Morgan fingerprint density at radius 2 is 1.93 bits per heavy atom. The Bertz CT molecular complexity index is 948. The van der Waals surface area contributed by atoms with Crippen molar-refractivity contribution in [2.75, 3.05) is 18.4 Å². The van der Waals surface area contributed by atoms with E-state index in [1.807, 2.05) is 13.0 Å². The monoisotopic (exact) mass is 410 g/mol. The number of hydrogen-bond donors (Lipinski definition) is 1. The van der Waals surface area contributed by atoms with Crippen molar-refractivity contribution in [3.63, 3.8) is 0 Å². The van der Waals surface area contributed by atoms with Crippen LogP contribution in [0.4, 0.5) is 10.1 Å². The molecule has 1 aliphatic rings. The summed E-state index contributed by atoms with van der Waals surface area (Å²) in [5.41, 5.74) is 1.49. The highest BCUT2D eigenvalue weighted by Gasteiger charge is 2.33. The van der Waals surface area contributed by atoms with Gasteiger partial charge in [0.05, 0.1) is 10.8 Å². The second-order valence-electron chi connectivity index (χ2n) is 6.60. The summed E-state index contributed by atoms with van der Waals surface area (Å²) in [4.78, 5) is 12.7. The maximum Gasteiger partial charge on any atom is 0.243 e. The van der Waals surface area contributed by atoms with Gasteiger partial charge in [-0.05, 0) is 61.7 Å². The van der Waals surface area contributed by atoms with Gasteiger partial charge in [-0.25, -0.2) is 12.8 Å². The van der Waals surface area contributed by atoms with Crippen molar-refractivity contribution in [2.45, 2.75) is 24.7 Å². The van der Waals surface area contributed by atoms with Crippen LogP contribution in [0.1, 0.15) is 18.4 Å². The zero-order valence-electron chi connectivity index (χ0n) is 14.8. The summed E-state index contributed by atoms with van der Waals surface area (Å²) >= 11 is 5.98. The Morgan fingerprint density at radius 3 is 2.63 bits per heavy atom. The van der Waals surface area contributed by atoms with Crippen LogP contribution >= 0.6 is 11.6 Å². The number of aryl methyl sites for hydroxylation is 1. The fourth-order valence-electron chi connectivity index (χ4n) is 3.09. The molecule has 1 fully saturated rings. The predicted octanol–water partition coefficient (Wildman–Crippen LogP) is 3.83. The van der Waals surface area contributed by atoms with E-state index < -0.39 is 21.8 Å². The van der Waals surface area contributed by atoms with Crippen molar-refractivity contribution >= 4 is 33.2 Å². The van der Waals surface area contributed by atoms with Crippen LogP contribution in [0.5, 0.6) is 0 Å². The van der Waals surface area contributed by atoms with E-state index in [-0.39, 0.29) is 17.3 Å². The van der Waals surface area contributed by atoms with Crippen LogP contribution in [-0.4, -0.2) is 31.7 Å². The Morgan fingerprint density at radius 1 is 1.22 bits per heavy atom. The fourth-order valence-corrected chi connectivity index (χ4v) is 4.79. The maximum absolute atomic E-state index is 13.1. The molecule has 144 valence electrons. The Kier molecular flexibility index (Phi) is 5.83. The number of halogens is 2. The SMILES string of the molecule is Cc1ccc(Cl)cc1NC(=O)[C@@H]1CCCN(S(=O)(=O)c2ccc(F)cc2)C1. The van der Waals surface area contributed by atoms with E-state index in [4.69, 9.17) is 11.6 Å². The average Bonchev–Trinajstić information content (AvgIpc) is 2.65. The zero-order valence-corrected chi connectivity index (χ0v) is 16.4. The number of anilines is 1. The minimum absolute atomic E-state index is 0.0237. The molecule has 0 bridgehead atoms. The molecule has 0 aromatic heterocycles. The third-order valence-corrected chi connectivity index (χ3v) is 6.78. The molecule has 1 atom stereocenters. The minimum Gasteiger partial charge on any atom is -0.326 e. The molecule has 27 heavy (non-hydrogen) atoms. The zero-order chi connectivity index (χ0) is 19.6. The number of carbonyl (C=O) groups is 1.